The molecule has 0 spiro atoms. The molecule has 12 heteroatoms. The summed E-state index contributed by atoms with van der Waals surface area (Å²) in [7, 11) is 0. The summed E-state index contributed by atoms with van der Waals surface area (Å²) >= 11 is 0. The number of aryl methyl sites for hydroxylation is 1. The zero-order chi connectivity index (χ0) is 34.2. The van der Waals surface area contributed by atoms with E-state index < -0.39 is 5.60 Å². The van der Waals surface area contributed by atoms with Crippen molar-refractivity contribution in [2.75, 3.05) is 19.6 Å². The predicted octanol–water partition coefficient (Wildman–Crippen LogP) is 6.30. The summed E-state index contributed by atoms with van der Waals surface area (Å²) < 4.78 is 21.2. The second-order valence-electron chi connectivity index (χ2n) is 14.1. The highest BCUT2D eigenvalue weighted by atomic mass is 19.1. The fourth-order valence-corrected chi connectivity index (χ4v) is 6.75. The minimum atomic E-state index is -0.545. The lowest BCUT2D eigenvalue weighted by Crippen LogP contribution is -2.58. The Labute approximate surface area is 281 Å². The van der Waals surface area contributed by atoms with Gasteiger partial charge in [0, 0.05) is 43.8 Å². The van der Waals surface area contributed by atoms with Crippen LogP contribution in [0.1, 0.15) is 87.4 Å². The van der Waals surface area contributed by atoms with Gasteiger partial charge in [-0.15, -0.1) is 5.10 Å². The van der Waals surface area contributed by atoms with E-state index in [-0.39, 0.29) is 35.9 Å². The summed E-state index contributed by atoms with van der Waals surface area (Å²) in [6.07, 6.45) is 5.94. The molecule has 3 atom stereocenters. The first-order chi connectivity index (χ1) is 22.9. The molecule has 0 bridgehead atoms. The minimum Gasteiger partial charge on any atom is -0.444 e. The molecule has 1 unspecified atom stereocenters. The maximum Gasteiger partial charge on any atom is 0.410 e. The molecule has 2 amide bonds. The van der Waals surface area contributed by atoms with Crippen molar-refractivity contribution in [2.24, 2.45) is 0 Å². The largest absolute Gasteiger partial charge is 0.444 e. The normalized spacial score (nSPS) is 20.6. The fourth-order valence-electron chi connectivity index (χ4n) is 6.75. The quantitative estimate of drug-likeness (QED) is 0.259. The number of nitrogens with one attached hydrogen (secondary N) is 1. The van der Waals surface area contributed by atoms with Gasteiger partial charge in [-0.05, 0) is 90.6 Å². The molecule has 2 saturated heterocycles. The highest BCUT2D eigenvalue weighted by Gasteiger charge is 2.35. The zero-order valence-corrected chi connectivity index (χ0v) is 28.6. The number of amides is 2. The van der Waals surface area contributed by atoms with E-state index in [1.165, 1.54) is 12.1 Å². The van der Waals surface area contributed by atoms with Crippen molar-refractivity contribution in [3.05, 3.63) is 83.3 Å². The van der Waals surface area contributed by atoms with Crippen LogP contribution in [0.15, 0.2) is 54.9 Å². The Bertz CT molecular complexity index is 1770. The molecule has 0 saturated carbocycles. The number of piperazine rings is 1. The van der Waals surface area contributed by atoms with Gasteiger partial charge in [0.1, 0.15) is 17.2 Å². The number of benzene rings is 2. The van der Waals surface area contributed by atoms with Crippen molar-refractivity contribution in [1.29, 1.82) is 0 Å². The van der Waals surface area contributed by atoms with E-state index in [1.54, 1.807) is 21.8 Å². The summed E-state index contributed by atoms with van der Waals surface area (Å²) in [4.78, 5) is 41.0. The summed E-state index contributed by atoms with van der Waals surface area (Å²) in [6.45, 7) is 14.1. The van der Waals surface area contributed by atoms with Gasteiger partial charge in [0.15, 0.2) is 0 Å². The highest BCUT2D eigenvalue weighted by Crippen LogP contribution is 2.33. The Morgan fingerprint density at radius 2 is 1.83 bits per heavy atom. The van der Waals surface area contributed by atoms with Crippen molar-refractivity contribution >= 4 is 12.0 Å². The van der Waals surface area contributed by atoms with Crippen LogP contribution in [0.4, 0.5) is 9.18 Å². The number of halogens is 1. The highest BCUT2D eigenvalue weighted by molar-refractivity contribution is 5.98. The Hall–Kier alpha value is -4.58. The molecule has 0 radical (unpaired) electrons. The first-order valence-corrected chi connectivity index (χ1v) is 16.7. The van der Waals surface area contributed by atoms with Crippen LogP contribution in [0.25, 0.3) is 16.9 Å². The average molecular weight is 657 g/mol. The number of carbonyl (C=O) groups excluding carboxylic acids is 2. The lowest BCUT2D eigenvalue weighted by molar-refractivity contribution is -0.00997. The number of piperidine rings is 1. The average Bonchev–Trinajstić information content (AvgIpc) is 3.72. The zero-order valence-electron chi connectivity index (χ0n) is 28.6. The van der Waals surface area contributed by atoms with Gasteiger partial charge >= 0.3 is 6.09 Å². The van der Waals surface area contributed by atoms with Gasteiger partial charge in [0.25, 0.3) is 5.91 Å². The molecule has 6 rings (SSSR count). The number of likely N-dealkylation sites (tertiary alicyclic amines) is 1. The van der Waals surface area contributed by atoms with E-state index >= 15 is 0 Å². The monoisotopic (exact) mass is 656 g/mol. The van der Waals surface area contributed by atoms with Crippen molar-refractivity contribution in [2.45, 2.75) is 91.1 Å². The van der Waals surface area contributed by atoms with Crippen molar-refractivity contribution in [3.63, 3.8) is 0 Å². The van der Waals surface area contributed by atoms with Gasteiger partial charge in [0.05, 0.1) is 41.1 Å². The smallest absolute Gasteiger partial charge is 0.410 e. The standard InChI is InChI=1S/C36H45FN8O3/c1-23-13-14-29(34(46)43-15-8-7-12-31(43)33-38-18-30(39-33)26-10-9-11-27(37)17-26)32(16-23)45-22-28(40-41-45)21-44-24(2)19-42(20-25(44)3)35(47)48-36(4,5)6/h9-11,13-14,16-18,22,24-25,31H,7-8,12,15,19-21H2,1-6H3,(H,38,39)/t24-,25+,31?. The van der Waals surface area contributed by atoms with Crippen LogP contribution < -0.4 is 0 Å². The van der Waals surface area contributed by atoms with E-state index in [4.69, 9.17) is 4.74 Å². The third-order valence-electron chi connectivity index (χ3n) is 9.08. The molecule has 2 aromatic heterocycles. The maximum absolute atomic E-state index is 14.3. The summed E-state index contributed by atoms with van der Waals surface area (Å²) in [5, 5.41) is 8.97. The topological polar surface area (TPSA) is 112 Å². The lowest BCUT2D eigenvalue weighted by Gasteiger charge is -2.44. The molecular formula is C36H45FN8O3. The van der Waals surface area contributed by atoms with Gasteiger partial charge in [-0.1, -0.05) is 23.4 Å². The molecule has 2 aliphatic rings. The number of carbonyl (C=O) groups is 2. The first kappa shape index (κ1) is 33.3. The van der Waals surface area contributed by atoms with Crippen LogP contribution in [0.2, 0.25) is 0 Å². The van der Waals surface area contributed by atoms with Crippen molar-refractivity contribution < 1.29 is 18.7 Å². The van der Waals surface area contributed by atoms with Gasteiger partial charge in [-0.3, -0.25) is 9.69 Å². The summed E-state index contributed by atoms with van der Waals surface area (Å²) in [5.41, 5.74) is 3.85. The Balaban J connectivity index is 1.20. The van der Waals surface area contributed by atoms with Crippen molar-refractivity contribution in [3.8, 4) is 16.9 Å². The van der Waals surface area contributed by atoms with Gasteiger partial charge in [-0.2, -0.15) is 0 Å². The van der Waals surface area contributed by atoms with Crippen LogP contribution in [-0.4, -0.2) is 89.0 Å². The summed E-state index contributed by atoms with van der Waals surface area (Å²) in [5.74, 6) is 0.274. The number of nitrogens with zero attached hydrogens (tertiary/aromatic N) is 7. The Morgan fingerprint density at radius 1 is 1.06 bits per heavy atom. The molecule has 11 nitrogen and oxygen atoms in total. The molecule has 48 heavy (non-hydrogen) atoms. The second-order valence-corrected chi connectivity index (χ2v) is 14.1. The van der Waals surface area contributed by atoms with Crippen molar-refractivity contribution in [1.82, 2.24) is 39.7 Å². The molecule has 4 heterocycles. The molecule has 2 aromatic carbocycles. The number of imidazole rings is 1. The van der Waals surface area contributed by atoms with Crippen LogP contribution in [-0.2, 0) is 11.3 Å². The third-order valence-corrected chi connectivity index (χ3v) is 9.08. The second kappa shape index (κ2) is 13.5. The van der Waals surface area contributed by atoms with E-state index in [0.29, 0.717) is 54.5 Å². The van der Waals surface area contributed by atoms with E-state index in [2.05, 4.69) is 39.0 Å². The lowest BCUT2D eigenvalue weighted by atomic mass is 9.99. The number of ether oxygens (including phenoxy) is 1. The first-order valence-electron chi connectivity index (χ1n) is 16.7. The van der Waals surface area contributed by atoms with Crippen LogP contribution >= 0.6 is 0 Å². The number of hydrogen-bond donors (Lipinski definition) is 1. The minimum absolute atomic E-state index is 0.0848. The van der Waals surface area contributed by atoms with E-state index in [0.717, 1.165) is 30.5 Å². The molecule has 4 aromatic rings. The number of rotatable bonds is 6. The maximum atomic E-state index is 14.3. The van der Waals surface area contributed by atoms with Crippen LogP contribution in [0, 0.1) is 12.7 Å². The molecule has 2 aliphatic heterocycles. The number of hydrogen-bond acceptors (Lipinski definition) is 7. The number of aromatic nitrogens is 5. The molecular weight excluding hydrogens is 611 g/mol. The Kier molecular flexibility index (Phi) is 9.37. The van der Waals surface area contributed by atoms with Crippen LogP contribution in [0.3, 0.4) is 0 Å². The molecule has 2 fully saturated rings. The van der Waals surface area contributed by atoms with E-state index in [9.17, 15) is 14.0 Å². The number of H-pyrrole nitrogens is 1. The third kappa shape index (κ3) is 7.28. The van der Waals surface area contributed by atoms with E-state index in [1.807, 2.05) is 63.1 Å². The molecule has 254 valence electrons. The predicted molar refractivity (Wildman–Crippen MR) is 180 cm³/mol. The molecule has 0 aliphatic carbocycles. The number of aromatic amines is 1. The van der Waals surface area contributed by atoms with Gasteiger partial charge < -0.3 is 19.5 Å². The van der Waals surface area contributed by atoms with Gasteiger partial charge in [0.2, 0.25) is 0 Å². The summed E-state index contributed by atoms with van der Waals surface area (Å²) in [6, 6.07) is 12.1. The Morgan fingerprint density at radius 3 is 2.56 bits per heavy atom. The van der Waals surface area contributed by atoms with Gasteiger partial charge in [-0.25, -0.2) is 18.9 Å². The van der Waals surface area contributed by atoms with Crippen LogP contribution in [0.5, 0.6) is 0 Å². The SMILES string of the molecule is Cc1ccc(C(=O)N2CCCCC2c2ncc(-c3cccc(F)c3)[nH]2)c(-n2cc(CN3[C@H](C)CN(C(=O)OC(C)(C)C)C[C@@H]3C)nn2)c1. The fraction of sp³-hybridized carbons (Fsp3) is 0.472. The molecule has 1 N–H and O–H groups in total.